The standard InChI is InChI=1S/C14H22N2O2/c1-10(14(2,3)4)16(6)13(18)11-7-8-15(5)12(17)9-11/h7-10H,1-6H3. The summed E-state index contributed by atoms with van der Waals surface area (Å²) in [6.07, 6.45) is 1.62. The lowest BCUT2D eigenvalue weighted by Crippen LogP contribution is -2.43. The molecule has 0 aliphatic carbocycles. The molecule has 0 aliphatic heterocycles. The maximum Gasteiger partial charge on any atom is 0.254 e. The number of rotatable bonds is 2. The molecule has 0 fully saturated rings. The SMILES string of the molecule is CC(N(C)C(=O)c1ccn(C)c(=O)c1)C(C)(C)C. The Kier molecular flexibility index (Phi) is 3.99. The average molecular weight is 250 g/mol. The first-order chi connectivity index (χ1) is 8.14. The van der Waals surface area contributed by atoms with E-state index in [9.17, 15) is 9.59 Å². The predicted octanol–water partition coefficient (Wildman–Crippen LogP) is 1.89. The summed E-state index contributed by atoms with van der Waals surface area (Å²) in [4.78, 5) is 25.5. The Morgan fingerprint density at radius 2 is 1.94 bits per heavy atom. The molecule has 18 heavy (non-hydrogen) atoms. The monoisotopic (exact) mass is 250 g/mol. The van der Waals surface area contributed by atoms with Gasteiger partial charge in [-0.2, -0.15) is 0 Å². The normalized spacial score (nSPS) is 13.2. The highest BCUT2D eigenvalue weighted by molar-refractivity contribution is 5.94. The van der Waals surface area contributed by atoms with Crippen molar-refractivity contribution in [1.82, 2.24) is 9.47 Å². The van der Waals surface area contributed by atoms with Crippen molar-refractivity contribution >= 4 is 5.91 Å². The third-order valence-electron chi connectivity index (χ3n) is 3.51. The molecule has 1 unspecified atom stereocenters. The van der Waals surface area contributed by atoms with Crippen molar-refractivity contribution in [2.75, 3.05) is 7.05 Å². The van der Waals surface area contributed by atoms with Crippen LogP contribution >= 0.6 is 0 Å². The second kappa shape index (κ2) is 4.96. The summed E-state index contributed by atoms with van der Waals surface area (Å²) in [6.45, 7) is 8.28. The first-order valence-corrected chi connectivity index (χ1v) is 6.08. The van der Waals surface area contributed by atoms with Crippen LogP contribution in [-0.2, 0) is 7.05 Å². The molecular formula is C14H22N2O2. The topological polar surface area (TPSA) is 42.3 Å². The van der Waals surface area contributed by atoms with E-state index in [1.54, 1.807) is 31.3 Å². The van der Waals surface area contributed by atoms with E-state index in [0.29, 0.717) is 5.56 Å². The minimum atomic E-state index is -0.169. The second-order valence-corrected chi connectivity index (χ2v) is 5.82. The molecule has 0 saturated heterocycles. The highest BCUT2D eigenvalue weighted by atomic mass is 16.2. The lowest BCUT2D eigenvalue weighted by Gasteiger charge is -2.35. The molecule has 0 spiro atoms. The Labute approximate surface area is 108 Å². The number of aryl methyl sites for hydroxylation is 1. The van der Waals surface area contributed by atoms with Gasteiger partial charge in [-0.25, -0.2) is 0 Å². The zero-order valence-corrected chi connectivity index (χ0v) is 12.0. The Balaban J connectivity index is 3.00. The van der Waals surface area contributed by atoms with Gasteiger partial charge >= 0.3 is 0 Å². The Bertz CT molecular complexity index is 497. The van der Waals surface area contributed by atoms with Gasteiger partial charge in [0, 0.05) is 38.0 Å². The average Bonchev–Trinajstić information content (AvgIpc) is 2.28. The van der Waals surface area contributed by atoms with Gasteiger partial charge in [-0.1, -0.05) is 20.8 Å². The Morgan fingerprint density at radius 3 is 2.39 bits per heavy atom. The van der Waals surface area contributed by atoms with Gasteiger partial charge in [0.25, 0.3) is 11.5 Å². The van der Waals surface area contributed by atoms with E-state index >= 15 is 0 Å². The van der Waals surface area contributed by atoms with Gasteiger partial charge in [0.15, 0.2) is 0 Å². The summed E-state index contributed by atoms with van der Waals surface area (Å²) in [5.41, 5.74) is 0.277. The molecule has 1 atom stereocenters. The molecule has 0 N–H and O–H groups in total. The van der Waals surface area contributed by atoms with Crippen LogP contribution in [0.3, 0.4) is 0 Å². The van der Waals surface area contributed by atoms with Crippen molar-refractivity contribution in [3.8, 4) is 0 Å². The van der Waals surface area contributed by atoms with E-state index in [1.165, 1.54) is 10.6 Å². The number of nitrogens with zero attached hydrogens (tertiary/aromatic N) is 2. The number of hydrogen-bond donors (Lipinski definition) is 0. The molecule has 0 radical (unpaired) electrons. The molecule has 0 saturated carbocycles. The predicted molar refractivity (Wildman–Crippen MR) is 72.7 cm³/mol. The molecule has 1 rings (SSSR count). The van der Waals surface area contributed by atoms with Crippen molar-refractivity contribution in [3.63, 3.8) is 0 Å². The van der Waals surface area contributed by atoms with Crippen molar-refractivity contribution in [2.24, 2.45) is 12.5 Å². The Hall–Kier alpha value is -1.58. The molecule has 100 valence electrons. The molecule has 0 bridgehead atoms. The van der Waals surface area contributed by atoms with Crippen LogP contribution in [-0.4, -0.2) is 28.5 Å². The molecular weight excluding hydrogens is 228 g/mol. The van der Waals surface area contributed by atoms with Gasteiger partial charge in [-0.15, -0.1) is 0 Å². The zero-order chi connectivity index (χ0) is 14.1. The fourth-order valence-electron chi connectivity index (χ4n) is 1.64. The smallest absolute Gasteiger partial charge is 0.254 e. The van der Waals surface area contributed by atoms with E-state index in [2.05, 4.69) is 20.8 Å². The van der Waals surface area contributed by atoms with Gasteiger partial charge in [-0.3, -0.25) is 9.59 Å². The molecule has 4 nitrogen and oxygen atoms in total. The van der Waals surface area contributed by atoms with Gasteiger partial charge in [0.1, 0.15) is 0 Å². The first-order valence-electron chi connectivity index (χ1n) is 6.08. The van der Waals surface area contributed by atoms with E-state index in [-0.39, 0.29) is 22.9 Å². The van der Waals surface area contributed by atoms with Crippen LogP contribution in [0.25, 0.3) is 0 Å². The molecule has 1 aromatic rings. The number of amides is 1. The van der Waals surface area contributed by atoms with Crippen LogP contribution in [0.5, 0.6) is 0 Å². The molecule has 0 aliphatic rings. The minimum absolute atomic E-state index is 0.00412. The van der Waals surface area contributed by atoms with Crippen LogP contribution in [0.1, 0.15) is 38.1 Å². The lowest BCUT2D eigenvalue weighted by atomic mass is 9.87. The van der Waals surface area contributed by atoms with E-state index in [0.717, 1.165) is 0 Å². The fourth-order valence-corrected chi connectivity index (χ4v) is 1.64. The summed E-state index contributed by atoms with van der Waals surface area (Å²) < 4.78 is 1.45. The number of carbonyl (C=O) groups is 1. The van der Waals surface area contributed by atoms with Gasteiger partial charge in [0.05, 0.1) is 0 Å². The largest absolute Gasteiger partial charge is 0.338 e. The van der Waals surface area contributed by atoms with Crippen LogP contribution in [0.15, 0.2) is 23.1 Å². The van der Waals surface area contributed by atoms with E-state index in [4.69, 9.17) is 0 Å². The van der Waals surface area contributed by atoms with Gasteiger partial charge in [0.2, 0.25) is 0 Å². The fraction of sp³-hybridized carbons (Fsp3) is 0.571. The number of pyridine rings is 1. The third kappa shape index (κ3) is 3.00. The summed E-state index contributed by atoms with van der Waals surface area (Å²) in [6, 6.07) is 3.15. The molecule has 0 aromatic carbocycles. The minimum Gasteiger partial charge on any atom is -0.338 e. The van der Waals surface area contributed by atoms with Crippen LogP contribution in [0.2, 0.25) is 0 Å². The lowest BCUT2D eigenvalue weighted by molar-refractivity contribution is 0.0629. The van der Waals surface area contributed by atoms with Crippen LogP contribution < -0.4 is 5.56 Å². The second-order valence-electron chi connectivity index (χ2n) is 5.82. The number of carbonyl (C=O) groups excluding carboxylic acids is 1. The summed E-state index contributed by atoms with van der Waals surface area (Å²) in [5, 5.41) is 0. The first kappa shape index (κ1) is 14.5. The number of aromatic nitrogens is 1. The summed E-state index contributed by atoms with van der Waals surface area (Å²) in [7, 11) is 3.44. The van der Waals surface area contributed by atoms with Crippen LogP contribution in [0.4, 0.5) is 0 Å². The zero-order valence-electron chi connectivity index (χ0n) is 12.0. The Morgan fingerprint density at radius 1 is 1.39 bits per heavy atom. The maximum absolute atomic E-state index is 12.3. The van der Waals surface area contributed by atoms with Gasteiger partial charge < -0.3 is 9.47 Å². The number of hydrogen-bond acceptors (Lipinski definition) is 2. The van der Waals surface area contributed by atoms with E-state index < -0.39 is 0 Å². The quantitative estimate of drug-likeness (QED) is 0.804. The molecule has 1 amide bonds. The molecule has 4 heteroatoms. The van der Waals surface area contributed by atoms with Crippen molar-refractivity contribution < 1.29 is 4.79 Å². The van der Waals surface area contributed by atoms with Crippen LogP contribution in [0, 0.1) is 5.41 Å². The van der Waals surface area contributed by atoms with E-state index in [1.807, 2.05) is 6.92 Å². The van der Waals surface area contributed by atoms with Gasteiger partial charge in [-0.05, 0) is 18.4 Å². The maximum atomic E-state index is 12.3. The summed E-state index contributed by atoms with van der Waals surface area (Å²) in [5.74, 6) is -0.116. The molecule has 1 aromatic heterocycles. The van der Waals surface area contributed by atoms with Crippen molar-refractivity contribution in [2.45, 2.75) is 33.7 Å². The summed E-state index contributed by atoms with van der Waals surface area (Å²) >= 11 is 0. The van der Waals surface area contributed by atoms with Crippen molar-refractivity contribution in [1.29, 1.82) is 0 Å². The highest BCUT2D eigenvalue weighted by Crippen LogP contribution is 2.23. The molecule has 1 heterocycles. The third-order valence-corrected chi connectivity index (χ3v) is 3.51. The van der Waals surface area contributed by atoms with Crippen molar-refractivity contribution in [3.05, 3.63) is 34.2 Å². The highest BCUT2D eigenvalue weighted by Gasteiger charge is 2.27.